The number of nitrogens with one attached hydrogen (secondary N) is 1. The zero-order valence-electron chi connectivity index (χ0n) is 9.95. The minimum absolute atomic E-state index is 0.310. The van der Waals surface area contributed by atoms with Gasteiger partial charge in [-0.15, -0.1) is 0 Å². The number of phenolic OH excluding ortho intramolecular Hbond substituents is 1. The summed E-state index contributed by atoms with van der Waals surface area (Å²) >= 11 is 3.32. The SMILES string of the molecule is COC1CCCC1NCc1cccc(Br)c1O. The summed E-state index contributed by atoms with van der Waals surface area (Å²) in [7, 11) is 1.77. The lowest BCUT2D eigenvalue weighted by Gasteiger charge is -2.20. The number of hydrogen-bond acceptors (Lipinski definition) is 3. The predicted octanol–water partition coefficient (Wildman–Crippen LogP) is 2.81. The van der Waals surface area contributed by atoms with Crippen molar-refractivity contribution < 1.29 is 9.84 Å². The number of methoxy groups -OCH3 is 1. The average molecular weight is 300 g/mol. The Bertz CT molecular complexity index is 384. The van der Waals surface area contributed by atoms with Crippen molar-refractivity contribution in [3.05, 3.63) is 28.2 Å². The molecule has 1 aliphatic rings. The van der Waals surface area contributed by atoms with Gasteiger partial charge in [0.2, 0.25) is 0 Å². The molecule has 0 radical (unpaired) electrons. The van der Waals surface area contributed by atoms with E-state index in [1.807, 2.05) is 18.2 Å². The molecule has 0 amide bonds. The normalized spacial score (nSPS) is 24.1. The van der Waals surface area contributed by atoms with Gasteiger partial charge in [0.25, 0.3) is 0 Å². The molecular formula is C13H18BrNO2. The third-order valence-electron chi connectivity index (χ3n) is 3.38. The first kappa shape index (κ1) is 12.9. The molecule has 2 atom stereocenters. The number of ether oxygens (including phenoxy) is 1. The molecule has 1 saturated carbocycles. The van der Waals surface area contributed by atoms with Crippen LogP contribution in [0.5, 0.6) is 5.75 Å². The molecule has 0 aromatic heterocycles. The molecule has 0 aliphatic heterocycles. The Morgan fingerprint density at radius 1 is 1.47 bits per heavy atom. The molecule has 1 aliphatic carbocycles. The van der Waals surface area contributed by atoms with Crippen LogP contribution in [0.2, 0.25) is 0 Å². The second-order valence-corrected chi connectivity index (χ2v) is 5.29. The Morgan fingerprint density at radius 3 is 3.06 bits per heavy atom. The second kappa shape index (κ2) is 5.85. The van der Waals surface area contributed by atoms with E-state index in [1.54, 1.807) is 7.11 Å². The first-order chi connectivity index (χ1) is 8.22. The second-order valence-electron chi connectivity index (χ2n) is 4.44. The minimum Gasteiger partial charge on any atom is -0.506 e. The lowest BCUT2D eigenvalue weighted by Crippen LogP contribution is -2.36. The van der Waals surface area contributed by atoms with Gasteiger partial charge in [0.05, 0.1) is 10.6 Å². The number of rotatable bonds is 4. The van der Waals surface area contributed by atoms with Crippen molar-refractivity contribution in [2.45, 2.75) is 38.0 Å². The van der Waals surface area contributed by atoms with Gasteiger partial charge in [-0.3, -0.25) is 0 Å². The third kappa shape index (κ3) is 3.00. The summed E-state index contributed by atoms with van der Waals surface area (Å²) in [6.07, 6.45) is 3.79. The van der Waals surface area contributed by atoms with Gasteiger partial charge in [-0.2, -0.15) is 0 Å². The Morgan fingerprint density at radius 2 is 2.29 bits per heavy atom. The molecule has 0 heterocycles. The fourth-order valence-electron chi connectivity index (χ4n) is 2.39. The number of benzene rings is 1. The summed E-state index contributed by atoms with van der Waals surface area (Å²) in [5.41, 5.74) is 0.918. The molecule has 94 valence electrons. The first-order valence-electron chi connectivity index (χ1n) is 5.95. The van der Waals surface area contributed by atoms with Crippen LogP contribution in [-0.4, -0.2) is 24.4 Å². The lowest BCUT2D eigenvalue weighted by atomic mass is 10.1. The standard InChI is InChI=1S/C13H18BrNO2/c1-17-12-7-3-6-11(12)15-8-9-4-2-5-10(14)13(9)16/h2,4-5,11-12,15-16H,3,6-8H2,1H3. The Labute approximate surface area is 110 Å². The van der Waals surface area contributed by atoms with Crippen LogP contribution < -0.4 is 5.32 Å². The van der Waals surface area contributed by atoms with Crippen molar-refractivity contribution in [2.75, 3.05) is 7.11 Å². The number of halogens is 1. The predicted molar refractivity (Wildman–Crippen MR) is 71.1 cm³/mol. The van der Waals surface area contributed by atoms with Gasteiger partial charge in [-0.05, 0) is 41.3 Å². The average Bonchev–Trinajstić information content (AvgIpc) is 2.78. The van der Waals surface area contributed by atoms with Crippen molar-refractivity contribution in [1.29, 1.82) is 0 Å². The van der Waals surface area contributed by atoms with Gasteiger partial charge in [-0.25, -0.2) is 0 Å². The molecule has 4 heteroatoms. The summed E-state index contributed by atoms with van der Waals surface area (Å²) in [6.45, 7) is 0.676. The van der Waals surface area contributed by atoms with Crippen LogP contribution in [0.25, 0.3) is 0 Å². The molecule has 2 rings (SSSR count). The molecule has 1 aromatic carbocycles. The first-order valence-corrected chi connectivity index (χ1v) is 6.74. The number of phenols is 1. The number of hydrogen-bond donors (Lipinski definition) is 2. The molecular weight excluding hydrogens is 282 g/mol. The zero-order chi connectivity index (χ0) is 12.3. The maximum absolute atomic E-state index is 9.88. The highest BCUT2D eigenvalue weighted by Crippen LogP contribution is 2.28. The summed E-state index contributed by atoms with van der Waals surface area (Å²) < 4.78 is 6.17. The van der Waals surface area contributed by atoms with Crippen molar-refractivity contribution in [3.63, 3.8) is 0 Å². The quantitative estimate of drug-likeness (QED) is 0.898. The van der Waals surface area contributed by atoms with E-state index in [1.165, 1.54) is 6.42 Å². The molecule has 2 N–H and O–H groups in total. The van der Waals surface area contributed by atoms with Gasteiger partial charge in [0.15, 0.2) is 0 Å². The van der Waals surface area contributed by atoms with E-state index in [2.05, 4.69) is 21.2 Å². The van der Waals surface area contributed by atoms with E-state index in [0.717, 1.165) is 22.9 Å². The smallest absolute Gasteiger partial charge is 0.134 e. The zero-order valence-corrected chi connectivity index (χ0v) is 11.5. The van der Waals surface area contributed by atoms with Crippen LogP contribution in [-0.2, 0) is 11.3 Å². The summed E-state index contributed by atoms with van der Waals surface area (Å²) in [5, 5.41) is 13.3. The minimum atomic E-state index is 0.310. The van der Waals surface area contributed by atoms with Gasteiger partial charge < -0.3 is 15.2 Å². The fraction of sp³-hybridized carbons (Fsp3) is 0.538. The monoisotopic (exact) mass is 299 g/mol. The molecule has 0 saturated heterocycles. The molecule has 17 heavy (non-hydrogen) atoms. The number of aromatic hydroxyl groups is 1. The summed E-state index contributed by atoms with van der Waals surface area (Å²) in [6, 6.07) is 6.11. The van der Waals surface area contributed by atoms with Crippen LogP contribution >= 0.6 is 15.9 Å². The molecule has 1 aromatic rings. The molecule has 0 bridgehead atoms. The van der Waals surface area contributed by atoms with Crippen molar-refractivity contribution in [2.24, 2.45) is 0 Å². The Balaban J connectivity index is 1.95. The van der Waals surface area contributed by atoms with Crippen LogP contribution in [0.15, 0.2) is 22.7 Å². The highest BCUT2D eigenvalue weighted by atomic mass is 79.9. The van der Waals surface area contributed by atoms with E-state index in [-0.39, 0.29) is 0 Å². The summed E-state index contributed by atoms with van der Waals surface area (Å²) in [4.78, 5) is 0. The lowest BCUT2D eigenvalue weighted by molar-refractivity contribution is 0.0846. The number of para-hydroxylation sites is 1. The van der Waals surface area contributed by atoms with E-state index < -0.39 is 0 Å². The van der Waals surface area contributed by atoms with Crippen molar-refractivity contribution in [3.8, 4) is 5.75 Å². The topological polar surface area (TPSA) is 41.5 Å². The van der Waals surface area contributed by atoms with Gasteiger partial charge in [0, 0.05) is 25.3 Å². The van der Waals surface area contributed by atoms with Crippen molar-refractivity contribution >= 4 is 15.9 Å². The van der Waals surface area contributed by atoms with E-state index in [4.69, 9.17) is 4.74 Å². The van der Waals surface area contributed by atoms with Crippen molar-refractivity contribution in [1.82, 2.24) is 5.32 Å². The highest BCUT2D eigenvalue weighted by Gasteiger charge is 2.26. The van der Waals surface area contributed by atoms with E-state index >= 15 is 0 Å². The van der Waals surface area contributed by atoms with Gasteiger partial charge in [0.1, 0.15) is 5.75 Å². The Hall–Kier alpha value is -0.580. The van der Waals surface area contributed by atoms with Gasteiger partial charge >= 0.3 is 0 Å². The van der Waals surface area contributed by atoms with Crippen LogP contribution in [0.3, 0.4) is 0 Å². The molecule has 1 fully saturated rings. The van der Waals surface area contributed by atoms with Gasteiger partial charge in [-0.1, -0.05) is 12.1 Å². The van der Waals surface area contributed by atoms with Crippen LogP contribution in [0.1, 0.15) is 24.8 Å². The highest BCUT2D eigenvalue weighted by molar-refractivity contribution is 9.10. The Kier molecular flexibility index (Phi) is 4.42. The molecule has 0 spiro atoms. The molecule has 2 unspecified atom stereocenters. The van der Waals surface area contributed by atoms with Crippen LogP contribution in [0.4, 0.5) is 0 Å². The van der Waals surface area contributed by atoms with E-state index in [0.29, 0.717) is 24.4 Å². The maximum Gasteiger partial charge on any atom is 0.134 e. The third-order valence-corrected chi connectivity index (χ3v) is 4.02. The summed E-state index contributed by atoms with van der Waals surface area (Å²) in [5.74, 6) is 0.326. The largest absolute Gasteiger partial charge is 0.506 e. The van der Waals surface area contributed by atoms with E-state index in [9.17, 15) is 5.11 Å². The molecule has 3 nitrogen and oxygen atoms in total. The van der Waals surface area contributed by atoms with Crippen LogP contribution in [0, 0.1) is 0 Å². The maximum atomic E-state index is 9.88. The fourth-order valence-corrected chi connectivity index (χ4v) is 2.79.